The molecule has 0 aromatic heterocycles. The maximum Gasteiger partial charge on any atom is 0.302 e. The topological polar surface area (TPSA) is 43.4 Å². The van der Waals surface area contributed by atoms with Crippen LogP contribution in [0.2, 0.25) is 0 Å². The van der Waals surface area contributed by atoms with Gasteiger partial charge in [-0.15, -0.1) is 0 Å². The van der Waals surface area contributed by atoms with E-state index >= 15 is 0 Å². The molecule has 0 radical (unpaired) electrons. The summed E-state index contributed by atoms with van der Waals surface area (Å²) in [6.45, 7) is 1.91. The first kappa shape index (κ1) is 9.23. The molecule has 0 aromatic carbocycles. The Morgan fingerprint density at radius 3 is 2.75 bits per heavy atom. The molecule has 0 bridgehead atoms. The van der Waals surface area contributed by atoms with E-state index in [0.717, 1.165) is 25.7 Å². The van der Waals surface area contributed by atoms with Crippen molar-refractivity contribution in [1.82, 2.24) is 0 Å². The van der Waals surface area contributed by atoms with E-state index in [2.05, 4.69) is 0 Å². The van der Waals surface area contributed by atoms with Crippen LogP contribution >= 0.6 is 0 Å². The number of Topliss-reactive ketones (excluding diaryl/α,β-unsaturated/α-hetero) is 1. The van der Waals surface area contributed by atoms with Gasteiger partial charge in [0.1, 0.15) is 5.78 Å². The monoisotopic (exact) mass is 170 g/mol. The van der Waals surface area contributed by atoms with Gasteiger partial charge in [0.2, 0.25) is 0 Å². The van der Waals surface area contributed by atoms with Crippen LogP contribution in [0.25, 0.3) is 0 Å². The van der Waals surface area contributed by atoms with Gasteiger partial charge in [0, 0.05) is 19.8 Å². The Kier molecular flexibility index (Phi) is 3.26. The van der Waals surface area contributed by atoms with E-state index in [1.54, 1.807) is 0 Å². The summed E-state index contributed by atoms with van der Waals surface area (Å²) in [6.07, 6.45) is 3.37. The van der Waals surface area contributed by atoms with E-state index in [-0.39, 0.29) is 5.97 Å². The first-order chi connectivity index (χ1) is 5.68. The van der Waals surface area contributed by atoms with Crippen LogP contribution in [0, 0.1) is 5.92 Å². The van der Waals surface area contributed by atoms with Crippen LogP contribution in [0.5, 0.6) is 0 Å². The zero-order valence-corrected chi connectivity index (χ0v) is 7.34. The Labute approximate surface area is 72.1 Å². The molecule has 0 unspecified atom stereocenters. The molecule has 1 aliphatic rings. The number of hydrogen-bond donors (Lipinski definition) is 0. The summed E-state index contributed by atoms with van der Waals surface area (Å²) < 4.78 is 4.76. The van der Waals surface area contributed by atoms with Gasteiger partial charge in [-0.2, -0.15) is 0 Å². The van der Waals surface area contributed by atoms with Crippen LogP contribution in [0.4, 0.5) is 0 Å². The minimum absolute atomic E-state index is 0.223. The molecule has 0 N–H and O–H groups in total. The molecule has 3 heteroatoms. The normalized spacial score (nSPS) is 17.2. The van der Waals surface area contributed by atoms with Crippen molar-refractivity contribution in [3.63, 3.8) is 0 Å². The molecule has 3 nitrogen and oxygen atoms in total. The van der Waals surface area contributed by atoms with Crippen molar-refractivity contribution in [3.8, 4) is 0 Å². The molecule has 0 saturated heterocycles. The predicted molar refractivity (Wildman–Crippen MR) is 43.6 cm³/mol. The van der Waals surface area contributed by atoms with Gasteiger partial charge in [0.05, 0.1) is 6.61 Å². The maximum atomic E-state index is 10.6. The van der Waals surface area contributed by atoms with Crippen LogP contribution in [0.15, 0.2) is 0 Å². The van der Waals surface area contributed by atoms with E-state index in [1.807, 2.05) is 0 Å². The lowest BCUT2D eigenvalue weighted by Crippen LogP contribution is -2.23. The van der Waals surface area contributed by atoms with Crippen molar-refractivity contribution in [2.24, 2.45) is 5.92 Å². The van der Waals surface area contributed by atoms with Crippen LogP contribution in [-0.2, 0) is 14.3 Å². The van der Waals surface area contributed by atoms with Crippen LogP contribution < -0.4 is 0 Å². The second-order valence-corrected chi connectivity index (χ2v) is 3.30. The number of ether oxygens (including phenoxy) is 1. The van der Waals surface area contributed by atoms with Gasteiger partial charge in [-0.1, -0.05) is 0 Å². The van der Waals surface area contributed by atoms with Gasteiger partial charge < -0.3 is 4.74 Å². The van der Waals surface area contributed by atoms with Crippen molar-refractivity contribution in [1.29, 1.82) is 0 Å². The third-order valence-corrected chi connectivity index (χ3v) is 2.09. The molecule has 0 atom stereocenters. The van der Waals surface area contributed by atoms with E-state index in [0.29, 0.717) is 18.3 Å². The second-order valence-electron chi connectivity index (χ2n) is 3.30. The average molecular weight is 170 g/mol. The summed E-state index contributed by atoms with van der Waals surface area (Å²) in [5.41, 5.74) is 0. The van der Waals surface area contributed by atoms with Gasteiger partial charge in [-0.3, -0.25) is 9.59 Å². The molecule has 0 heterocycles. The van der Waals surface area contributed by atoms with Crippen molar-refractivity contribution in [3.05, 3.63) is 0 Å². The van der Waals surface area contributed by atoms with Crippen LogP contribution in [-0.4, -0.2) is 18.4 Å². The Balaban J connectivity index is 1.90. The summed E-state index contributed by atoms with van der Waals surface area (Å²) in [4.78, 5) is 20.9. The lowest BCUT2D eigenvalue weighted by molar-refractivity contribution is -0.141. The first-order valence-corrected chi connectivity index (χ1v) is 4.33. The molecule has 0 amide bonds. The van der Waals surface area contributed by atoms with Gasteiger partial charge >= 0.3 is 5.97 Å². The SMILES string of the molecule is CC(=O)OCCCC1CC(=O)C1. The Hall–Kier alpha value is -0.860. The maximum absolute atomic E-state index is 10.6. The summed E-state index contributed by atoms with van der Waals surface area (Å²) in [5, 5.41) is 0. The average Bonchev–Trinajstić information content (AvgIpc) is 1.93. The number of esters is 1. The Morgan fingerprint density at radius 2 is 2.25 bits per heavy atom. The lowest BCUT2D eigenvalue weighted by atomic mass is 9.81. The molecule has 1 saturated carbocycles. The zero-order chi connectivity index (χ0) is 8.97. The highest BCUT2D eigenvalue weighted by Crippen LogP contribution is 2.26. The molecule has 12 heavy (non-hydrogen) atoms. The van der Waals surface area contributed by atoms with Gasteiger partial charge in [-0.25, -0.2) is 0 Å². The highest BCUT2D eigenvalue weighted by molar-refractivity contribution is 5.84. The fourth-order valence-corrected chi connectivity index (χ4v) is 1.38. The van der Waals surface area contributed by atoms with E-state index < -0.39 is 0 Å². The van der Waals surface area contributed by atoms with Gasteiger partial charge in [0.25, 0.3) is 0 Å². The number of hydrogen-bond acceptors (Lipinski definition) is 3. The van der Waals surface area contributed by atoms with E-state index in [4.69, 9.17) is 4.74 Å². The summed E-state index contributed by atoms with van der Waals surface area (Å²) >= 11 is 0. The molecule has 0 aliphatic heterocycles. The lowest BCUT2D eigenvalue weighted by Gasteiger charge is -2.23. The number of ketones is 1. The fraction of sp³-hybridized carbons (Fsp3) is 0.778. The number of carbonyl (C=O) groups is 2. The molecule has 1 fully saturated rings. The Morgan fingerprint density at radius 1 is 1.58 bits per heavy atom. The van der Waals surface area contributed by atoms with Gasteiger partial charge in [-0.05, 0) is 18.8 Å². The largest absolute Gasteiger partial charge is 0.466 e. The van der Waals surface area contributed by atoms with E-state index in [1.165, 1.54) is 6.92 Å². The molecular weight excluding hydrogens is 156 g/mol. The number of carbonyl (C=O) groups excluding carboxylic acids is 2. The van der Waals surface area contributed by atoms with Crippen LogP contribution in [0.1, 0.15) is 32.6 Å². The summed E-state index contributed by atoms with van der Waals surface area (Å²) in [6, 6.07) is 0. The first-order valence-electron chi connectivity index (χ1n) is 4.33. The molecule has 1 rings (SSSR count). The fourth-order valence-electron chi connectivity index (χ4n) is 1.38. The van der Waals surface area contributed by atoms with Crippen molar-refractivity contribution in [2.75, 3.05) is 6.61 Å². The van der Waals surface area contributed by atoms with Crippen molar-refractivity contribution < 1.29 is 14.3 Å². The smallest absolute Gasteiger partial charge is 0.302 e. The summed E-state index contributed by atoms with van der Waals surface area (Å²) in [5.74, 6) is 0.709. The van der Waals surface area contributed by atoms with E-state index in [9.17, 15) is 9.59 Å². The molecule has 0 spiro atoms. The molecular formula is C9H14O3. The third-order valence-electron chi connectivity index (χ3n) is 2.09. The standard InChI is InChI=1S/C9H14O3/c1-7(10)12-4-2-3-8-5-9(11)6-8/h8H,2-6H2,1H3. The minimum Gasteiger partial charge on any atom is -0.466 e. The predicted octanol–water partition coefficient (Wildman–Crippen LogP) is 1.31. The minimum atomic E-state index is -0.223. The molecule has 1 aliphatic carbocycles. The van der Waals surface area contributed by atoms with Crippen molar-refractivity contribution >= 4 is 11.8 Å². The molecule has 0 aromatic rings. The zero-order valence-electron chi connectivity index (χ0n) is 7.34. The molecule has 68 valence electrons. The quantitative estimate of drug-likeness (QED) is 0.472. The van der Waals surface area contributed by atoms with Crippen LogP contribution in [0.3, 0.4) is 0 Å². The van der Waals surface area contributed by atoms with Crippen molar-refractivity contribution in [2.45, 2.75) is 32.6 Å². The third kappa shape index (κ3) is 3.03. The highest BCUT2D eigenvalue weighted by Gasteiger charge is 2.25. The Bertz CT molecular complexity index is 178. The second kappa shape index (κ2) is 4.24. The summed E-state index contributed by atoms with van der Waals surface area (Å²) in [7, 11) is 0. The highest BCUT2D eigenvalue weighted by atomic mass is 16.5. The number of rotatable bonds is 4. The van der Waals surface area contributed by atoms with Gasteiger partial charge in [0.15, 0.2) is 0 Å².